The molecule has 0 atom stereocenters. The number of rotatable bonds is 10. The standard InChI is InChI=1S/C31H29N3O4.C3H8/c1-36-29(37-2)17-18-38-25-15-13-24(14-16-25)28-21-34-30(26(32-28)19-22-9-5-3-6-10-22)33-27(31(34)35)20-23-11-7-4-8-12-23;1-3-2/h3-16,20-21,29H,17-19H2,1-2H3;3H2,1-2H3/b27-20-;. The van der Waals surface area contributed by atoms with Crippen LogP contribution in [-0.4, -0.2) is 49.5 Å². The Hall–Kier alpha value is -4.33. The van der Waals surface area contributed by atoms with Crippen molar-refractivity contribution < 1.29 is 19.0 Å². The molecular formula is C34H37N3O4. The highest BCUT2D eigenvalue weighted by Crippen LogP contribution is 2.29. The van der Waals surface area contributed by atoms with E-state index in [1.807, 2.05) is 91.0 Å². The molecular weight excluding hydrogens is 514 g/mol. The van der Waals surface area contributed by atoms with Crippen molar-refractivity contribution in [3.63, 3.8) is 0 Å². The summed E-state index contributed by atoms with van der Waals surface area (Å²) < 4.78 is 16.2. The van der Waals surface area contributed by atoms with Crippen molar-refractivity contribution in [2.24, 2.45) is 9.98 Å². The highest BCUT2D eigenvalue weighted by atomic mass is 16.7. The number of amides is 1. The van der Waals surface area contributed by atoms with Gasteiger partial charge in [-0.2, -0.15) is 0 Å². The minimum atomic E-state index is -0.297. The lowest BCUT2D eigenvalue weighted by atomic mass is 10.0. The van der Waals surface area contributed by atoms with Gasteiger partial charge >= 0.3 is 0 Å². The summed E-state index contributed by atoms with van der Waals surface area (Å²) in [7, 11) is 3.21. The molecule has 3 aromatic rings. The van der Waals surface area contributed by atoms with Gasteiger partial charge in [0.05, 0.1) is 18.0 Å². The van der Waals surface area contributed by atoms with Crippen molar-refractivity contribution in [1.29, 1.82) is 0 Å². The van der Waals surface area contributed by atoms with Crippen LogP contribution in [0.1, 0.15) is 43.4 Å². The number of nitrogens with zero attached hydrogens (tertiary/aromatic N) is 3. The maximum Gasteiger partial charge on any atom is 0.282 e. The Bertz CT molecular complexity index is 1410. The summed E-state index contributed by atoms with van der Waals surface area (Å²) >= 11 is 0. The summed E-state index contributed by atoms with van der Waals surface area (Å²) in [6.45, 7) is 4.71. The molecule has 0 spiro atoms. The van der Waals surface area contributed by atoms with E-state index in [1.165, 1.54) is 6.42 Å². The average molecular weight is 552 g/mol. The number of fused-ring (bicyclic) bond motifs is 1. The molecule has 0 aromatic heterocycles. The Morgan fingerprint density at radius 1 is 0.854 bits per heavy atom. The lowest BCUT2D eigenvalue weighted by Crippen LogP contribution is -2.36. The molecule has 0 N–H and O–H groups in total. The average Bonchev–Trinajstić information content (AvgIpc) is 3.32. The van der Waals surface area contributed by atoms with E-state index in [2.05, 4.69) is 13.8 Å². The lowest BCUT2D eigenvalue weighted by molar-refractivity contribution is -0.120. The zero-order valence-electron chi connectivity index (χ0n) is 24.1. The van der Waals surface area contributed by atoms with Gasteiger partial charge in [0.2, 0.25) is 0 Å². The van der Waals surface area contributed by atoms with Crippen LogP contribution in [0.3, 0.4) is 0 Å². The number of benzene rings is 3. The van der Waals surface area contributed by atoms with Crippen LogP contribution in [-0.2, 0) is 20.7 Å². The third-order valence-corrected chi connectivity index (χ3v) is 6.27. The molecule has 0 unspecified atom stereocenters. The van der Waals surface area contributed by atoms with Crippen molar-refractivity contribution in [3.05, 3.63) is 114 Å². The number of methoxy groups -OCH3 is 2. The molecule has 0 fully saturated rings. The third-order valence-electron chi connectivity index (χ3n) is 6.27. The van der Waals surface area contributed by atoms with Crippen molar-refractivity contribution in [3.8, 4) is 5.75 Å². The van der Waals surface area contributed by atoms with Gasteiger partial charge in [0, 0.05) is 38.8 Å². The number of carbonyl (C=O) groups excluding carboxylic acids is 1. The molecule has 0 radical (unpaired) electrons. The van der Waals surface area contributed by atoms with Crippen LogP contribution in [0.5, 0.6) is 5.75 Å². The van der Waals surface area contributed by atoms with Gasteiger partial charge in [0.1, 0.15) is 11.4 Å². The van der Waals surface area contributed by atoms with E-state index in [-0.39, 0.29) is 12.2 Å². The number of hydrogen-bond donors (Lipinski definition) is 0. The van der Waals surface area contributed by atoms with Crippen LogP contribution in [0, 0.1) is 0 Å². The second-order valence-corrected chi connectivity index (χ2v) is 9.56. The van der Waals surface area contributed by atoms with E-state index < -0.39 is 0 Å². The topological polar surface area (TPSA) is 72.7 Å². The van der Waals surface area contributed by atoms with Crippen LogP contribution >= 0.6 is 0 Å². The number of amidine groups is 1. The first-order valence-corrected chi connectivity index (χ1v) is 13.9. The minimum absolute atomic E-state index is 0.174. The summed E-state index contributed by atoms with van der Waals surface area (Å²) in [5, 5.41) is 0. The Balaban J connectivity index is 0.00000124. The van der Waals surface area contributed by atoms with Crippen LogP contribution < -0.4 is 4.74 Å². The minimum Gasteiger partial charge on any atom is -0.493 e. The van der Waals surface area contributed by atoms with Crippen LogP contribution in [0.25, 0.3) is 11.8 Å². The van der Waals surface area contributed by atoms with Gasteiger partial charge < -0.3 is 14.2 Å². The molecule has 3 aromatic carbocycles. The Morgan fingerprint density at radius 2 is 1.49 bits per heavy atom. The molecule has 1 amide bonds. The summed E-state index contributed by atoms with van der Waals surface area (Å²) in [4.78, 5) is 24.7. The first-order chi connectivity index (χ1) is 20.1. The lowest BCUT2D eigenvalue weighted by Gasteiger charge is -2.22. The second kappa shape index (κ2) is 14.9. The maximum atomic E-state index is 13.4. The van der Waals surface area contributed by atoms with Crippen LogP contribution in [0.4, 0.5) is 0 Å². The molecule has 0 bridgehead atoms. The summed E-state index contributed by atoms with van der Waals surface area (Å²) in [6.07, 6.45) is 5.70. The number of aliphatic imine (C=N–C) groups is 2. The van der Waals surface area contributed by atoms with Gasteiger partial charge in [-0.05, 0) is 41.5 Å². The SMILES string of the molecule is CCC.COC(CCOc1ccc(C2=CN3C(=O)/C(=C/c4ccccc4)N=C3C(Cc3ccccc3)=N2)cc1)OC. The highest BCUT2D eigenvalue weighted by Gasteiger charge is 2.35. The summed E-state index contributed by atoms with van der Waals surface area (Å²) in [5.41, 5.74) is 4.71. The zero-order valence-corrected chi connectivity index (χ0v) is 24.1. The van der Waals surface area contributed by atoms with E-state index in [9.17, 15) is 4.79 Å². The van der Waals surface area contributed by atoms with Gasteiger partial charge in [-0.15, -0.1) is 0 Å². The first-order valence-electron chi connectivity index (χ1n) is 13.9. The first kappa shape index (κ1) is 29.6. The van der Waals surface area contributed by atoms with E-state index in [1.54, 1.807) is 25.3 Å². The molecule has 0 saturated carbocycles. The molecule has 7 nitrogen and oxygen atoms in total. The van der Waals surface area contributed by atoms with Crippen molar-refractivity contribution in [2.75, 3.05) is 20.8 Å². The van der Waals surface area contributed by atoms with Gasteiger partial charge in [-0.1, -0.05) is 80.9 Å². The maximum absolute atomic E-state index is 13.4. The fraction of sp³-hybridized carbons (Fsp3) is 0.265. The quantitative estimate of drug-likeness (QED) is 0.206. The predicted molar refractivity (Wildman–Crippen MR) is 165 cm³/mol. The fourth-order valence-electron chi connectivity index (χ4n) is 4.28. The van der Waals surface area contributed by atoms with Crippen molar-refractivity contribution in [2.45, 2.75) is 39.4 Å². The van der Waals surface area contributed by atoms with E-state index >= 15 is 0 Å². The molecule has 41 heavy (non-hydrogen) atoms. The fourth-order valence-corrected chi connectivity index (χ4v) is 4.28. The van der Waals surface area contributed by atoms with Gasteiger partial charge in [-0.3, -0.25) is 9.69 Å². The normalized spacial score (nSPS) is 15.1. The molecule has 2 aliphatic heterocycles. The van der Waals surface area contributed by atoms with Crippen LogP contribution in [0.15, 0.2) is 107 Å². The Labute approximate surface area is 242 Å². The molecule has 0 aliphatic carbocycles. The Kier molecular flexibility index (Phi) is 10.8. The molecule has 0 saturated heterocycles. The number of carbonyl (C=O) groups is 1. The van der Waals surface area contributed by atoms with Gasteiger partial charge in [0.15, 0.2) is 12.1 Å². The molecule has 2 heterocycles. The van der Waals surface area contributed by atoms with Crippen molar-refractivity contribution in [1.82, 2.24) is 4.90 Å². The van der Waals surface area contributed by atoms with Gasteiger partial charge in [-0.25, -0.2) is 9.98 Å². The van der Waals surface area contributed by atoms with E-state index in [4.69, 9.17) is 24.2 Å². The van der Waals surface area contributed by atoms with Crippen LogP contribution in [0.2, 0.25) is 0 Å². The molecule has 7 heteroatoms. The van der Waals surface area contributed by atoms with Gasteiger partial charge in [0.25, 0.3) is 5.91 Å². The van der Waals surface area contributed by atoms with E-state index in [0.717, 1.165) is 28.2 Å². The Morgan fingerprint density at radius 3 is 2.12 bits per heavy atom. The second-order valence-electron chi connectivity index (χ2n) is 9.56. The highest BCUT2D eigenvalue weighted by molar-refractivity contribution is 6.48. The molecule has 5 rings (SSSR count). The predicted octanol–water partition coefficient (Wildman–Crippen LogP) is 6.77. The number of ether oxygens (including phenoxy) is 3. The third kappa shape index (κ3) is 7.87. The van der Waals surface area contributed by atoms with E-state index in [0.29, 0.717) is 36.7 Å². The molecule has 212 valence electrons. The summed E-state index contributed by atoms with van der Waals surface area (Å²) in [6, 6.07) is 27.5. The van der Waals surface area contributed by atoms with Crippen molar-refractivity contribution >= 4 is 29.2 Å². The molecule has 2 aliphatic rings. The summed E-state index contributed by atoms with van der Waals surface area (Å²) in [5.74, 6) is 1.13. The zero-order chi connectivity index (χ0) is 29.0. The smallest absolute Gasteiger partial charge is 0.282 e. The monoisotopic (exact) mass is 551 g/mol. The largest absolute Gasteiger partial charge is 0.493 e. The number of hydrogen-bond acceptors (Lipinski definition) is 6.